The van der Waals surface area contributed by atoms with E-state index in [2.05, 4.69) is 15.5 Å². The van der Waals surface area contributed by atoms with Crippen LogP contribution < -0.4 is 5.32 Å². The third-order valence-corrected chi connectivity index (χ3v) is 3.54. The third-order valence-electron chi connectivity index (χ3n) is 2.52. The number of nitrogens with zero attached hydrogens (tertiary/aromatic N) is 3. The first-order chi connectivity index (χ1) is 7.58. The fourth-order valence-corrected chi connectivity index (χ4v) is 2.42. The van der Waals surface area contributed by atoms with Crippen LogP contribution in [0.1, 0.15) is 30.7 Å². The Hall–Kier alpha value is -1.17. The molecule has 5 nitrogen and oxygen atoms in total. The summed E-state index contributed by atoms with van der Waals surface area (Å²) in [6, 6.07) is -0.255. The lowest BCUT2D eigenvalue weighted by atomic mass is 10.3. The molecule has 1 aromatic heterocycles. The number of hydrogen-bond acceptors (Lipinski definition) is 5. The zero-order chi connectivity index (χ0) is 11.7. The van der Waals surface area contributed by atoms with Crippen molar-refractivity contribution in [3.05, 3.63) is 5.01 Å². The van der Waals surface area contributed by atoms with E-state index in [9.17, 15) is 4.79 Å². The molecule has 1 aliphatic carbocycles. The zero-order valence-electron chi connectivity index (χ0n) is 9.73. The van der Waals surface area contributed by atoms with Crippen LogP contribution in [0.15, 0.2) is 0 Å². The zero-order valence-corrected chi connectivity index (χ0v) is 10.5. The van der Waals surface area contributed by atoms with Crippen LogP contribution in [-0.4, -0.2) is 41.1 Å². The topological polar surface area (TPSA) is 58.1 Å². The van der Waals surface area contributed by atoms with Crippen molar-refractivity contribution in [1.82, 2.24) is 15.1 Å². The van der Waals surface area contributed by atoms with Crippen LogP contribution in [0.2, 0.25) is 0 Å². The van der Waals surface area contributed by atoms with Crippen LogP contribution in [0.25, 0.3) is 0 Å². The van der Waals surface area contributed by atoms with Crippen LogP contribution in [0.5, 0.6) is 0 Å². The number of amides is 1. The first-order valence-electron chi connectivity index (χ1n) is 5.39. The van der Waals surface area contributed by atoms with Gasteiger partial charge in [0.2, 0.25) is 11.0 Å². The molecule has 0 spiro atoms. The van der Waals surface area contributed by atoms with Crippen molar-refractivity contribution >= 4 is 22.4 Å². The number of rotatable bonds is 4. The van der Waals surface area contributed by atoms with Gasteiger partial charge >= 0.3 is 0 Å². The minimum absolute atomic E-state index is 0.0446. The van der Waals surface area contributed by atoms with Crippen molar-refractivity contribution in [1.29, 1.82) is 0 Å². The lowest BCUT2D eigenvalue weighted by Crippen LogP contribution is -2.36. The maximum absolute atomic E-state index is 11.6. The molecule has 0 saturated heterocycles. The highest BCUT2D eigenvalue weighted by atomic mass is 32.1. The number of aromatic nitrogens is 2. The minimum Gasteiger partial charge on any atom is -0.349 e. The highest BCUT2D eigenvalue weighted by Gasteiger charge is 2.28. The second kappa shape index (κ2) is 4.37. The maximum Gasteiger partial charge on any atom is 0.244 e. The SMILES string of the molecule is C[C@H](Nc1nnc(C2CC2)s1)C(=O)N(C)C. The molecule has 1 aliphatic rings. The summed E-state index contributed by atoms with van der Waals surface area (Å²) >= 11 is 1.56. The Morgan fingerprint density at radius 1 is 1.50 bits per heavy atom. The smallest absolute Gasteiger partial charge is 0.244 e. The number of hydrogen-bond donors (Lipinski definition) is 1. The van der Waals surface area contributed by atoms with Gasteiger partial charge in [-0.25, -0.2) is 0 Å². The monoisotopic (exact) mass is 240 g/mol. The summed E-state index contributed by atoms with van der Waals surface area (Å²) in [4.78, 5) is 13.2. The largest absolute Gasteiger partial charge is 0.349 e. The standard InChI is InChI=1S/C10H16N4OS/c1-6(9(15)14(2)3)11-10-13-12-8(16-10)7-4-5-7/h6-7H,4-5H2,1-3H3,(H,11,13)/t6-/m0/s1. The summed E-state index contributed by atoms with van der Waals surface area (Å²) in [5.74, 6) is 0.663. The Kier molecular flexibility index (Phi) is 3.09. The molecule has 88 valence electrons. The van der Waals surface area contributed by atoms with Crippen LogP contribution in [-0.2, 0) is 4.79 Å². The lowest BCUT2D eigenvalue weighted by Gasteiger charge is -2.16. The molecule has 0 radical (unpaired) electrons. The van der Waals surface area contributed by atoms with Gasteiger partial charge in [-0.3, -0.25) is 4.79 Å². The number of carbonyl (C=O) groups is 1. The normalized spacial score (nSPS) is 16.9. The predicted molar refractivity (Wildman–Crippen MR) is 63.7 cm³/mol. The number of likely N-dealkylation sites (N-methyl/N-ethyl adjacent to an activating group) is 1. The van der Waals surface area contributed by atoms with Crippen molar-refractivity contribution in [2.75, 3.05) is 19.4 Å². The highest BCUT2D eigenvalue weighted by molar-refractivity contribution is 7.15. The second-order valence-electron chi connectivity index (χ2n) is 4.32. The summed E-state index contributed by atoms with van der Waals surface area (Å²) in [6.07, 6.45) is 2.45. The Labute approximate surface area is 98.9 Å². The first-order valence-corrected chi connectivity index (χ1v) is 6.20. The number of anilines is 1. The molecule has 1 saturated carbocycles. The molecule has 1 amide bonds. The highest BCUT2D eigenvalue weighted by Crippen LogP contribution is 2.42. The van der Waals surface area contributed by atoms with Gasteiger partial charge in [-0.05, 0) is 19.8 Å². The van der Waals surface area contributed by atoms with Crippen LogP contribution in [0.4, 0.5) is 5.13 Å². The van der Waals surface area contributed by atoms with Gasteiger partial charge in [0, 0.05) is 20.0 Å². The molecule has 0 unspecified atom stereocenters. The fourth-order valence-electron chi connectivity index (χ4n) is 1.42. The molecular weight excluding hydrogens is 224 g/mol. The van der Waals surface area contributed by atoms with E-state index in [1.54, 1.807) is 30.3 Å². The Morgan fingerprint density at radius 3 is 2.75 bits per heavy atom. The molecule has 1 aromatic rings. The van der Waals surface area contributed by atoms with Gasteiger partial charge in [-0.2, -0.15) is 0 Å². The Morgan fingerprint density at radius 2 is 2.19 bits per heavy atom. The van der Waals surface area contributed by atoms with Crippen molar-refractivity contribution in [3.63, 3.8) is 0 Å². The maximum atomic E-state index is 11.6. The fraction of sp³-hybridized carbons (Fsp3) is 0.700. The van der Waals surface area contributed by atoms with Crippen molar-refractivity contribution < 1.29 is 4.79 Å². The van der Waals surface area contributed by atoms with Gasteiger partial charge in [0.1, 0.15) is 11.0 Å². The van der Waals surface area contributed by atoms with Gasteiger partial charge in [0.05, 0.1) is 0 Å². The van der Waals surface area contributed by atoms with E-state index < -0.39 is 0 Å². The first kappa shape index (κ1) is 11.3. The minimum atomic E-state index is -0.255. The Bertz CT molecular complexity index is 386. The van der Waals surface area contributed by atoms with Crippen LogP contribution in [0.3, 0.4) is 0 Å². The van der Waals surface area contributed by atoms with Gasteiger partial charge < -0.3 is 10.2 Å². The van der Waals surface area contributed by atoms with Crippen LogP contribution >= 0.6 is 11.3 Å². The van der Waals surface area contributed by atoms with E-state index in [1.807, 2.05) is 6.92 Å². The van der Waals surface area contributed by atoms with E-state index in [-0.39, 0.29) is 11.9 Å². The quantitative estimate of drug-likeness (QED) is 0.862. The van der Waals surface area contributed by atoms with Crippen molar-refractivity contribution in [3.8, 4) is 0 Å². The molecular formula is C10H16N4OS. The number of nitrogens with one attached hydrogen (secondary N) is 1. The number of carbonyl (C=O) groups excluding carboxylic acids is 1. The molecule has 1 atom stereocenters. The summed E-state index contributed by atoms with van der Waals surface area (Å²) < 4.78 is 0. The summed E-state index contributed by atoms with van der Waals surface area (Å²) in [6.45, 7) is 1.83. The molecule has 0 bridgehead atoms. The second-order valence-corrected chi connectivity index (χ2v) is 5.33. The third kappa shape index (κ3) is 2.49. The van der Waals surface area contributed by atoms with E-state index >= 15 is 0 Å². The van der Waals surface area contributed by atoms with Crippen molar-refractivity contribution in [2.24, 2.45) is 0 Å². The van der Waals surface area contributed by atoms with E-state index in [4.69, 9.17) is 0 Å². The van der Waals surface area contributed by atoms with Crippen LogP contribution in [0, 0.1) is 0 Å². The summed E-state index contributed by atoms with van der Waals surface area (Å²) in [7, 11) is 3.49. The molecule has 0 aromatic carbocycles. The summed E-state index contributed by atoms with van der Waals surface area (Å²) in [5.41, 5.74) is 0. The lowest BCUT2D eigenvalue weighted by molar-refractivity contribution is -0.129. The molecule has 1 fully saturated rings. The Balaban J connectivity index is 1.94. The molecule has 2 rings (SSSR count). The van der Waals surface area contributed by atoms with E-state index in [1.165, 1.54) is 12.8 Å². The molecule has 1 heterocycles. The molecule has 1 N–H and O–H groups in total. The van der Waals surface area contributed by atoms with E-state index in [0.717, 1.165) is 10.1 Å². The van der Waals surface area contributed by atoms with Crippen molar-refractivity contribution in [2.45, 2.75) is 31.7 Å². The van der Waals surface area contributed by atoms with Gasteiger partial charge in [-0.1, -0.05) is 11.3 Å². The predicted octanol–water partition coefficient (Wildman–Crippen LogP) is 1.30. The molecule has 16 heavy (non-hydrogen) atoms. The average Bonchev–Trinajstić information content (AvgIpc) is 2.99. The van der Waals surface area contributed by atoms with Gasteiger partial charge in [-0.15, -0.1) is 10.2 Å². The van der Waals surface area contributed by atoms with E-state index in [0.29, 0.717) is 5.92 Å². The molecule has 0 aliphatic heterocycles. The van der Waals surface area contributed by atoms with Gasteiger partial charge in [0.15, 0.2) is 0 Å². The average molecular weight is 240 g/mol. The van der Waals surface area contributed by atoms with Gasteiger partial charge in [0.25, 0.3) is 0 Å². The summed E-state index contributed by atoms with van der Waals surface area (Å²) in [5, 5.41) is 13.1. The molecule has 6 heteroatoms.